The third-order valence-electron chi connectivity index (χ3n) is 4.97. The molecule has 0 radical (unpaired) electrons. The Morgan fingerprint density at radius 2 is 1.84 bits per heavy atom. The molecule has 0 saturated heterocycles. The third-order valence-corrected chi connectivity index (χ3v) is 6.51. The van der Waals surface area contributed by atoms with E-state index in [2.05, 4.69) is 28.5 Å². The number of fused-ring (bicyclic) bond motifs is 3. The molecule has 0 aliphatic heterocycles. The minimum Gasteiger partial charge on any atom is -0.347 e. The van der Waals surface area contributed by atoms with E-state index in [-0.39, 0.29) is 10.9 Å². The summed E-state index contributed by atoms with van der Waals surface area (Å²) in [5, 5.41) is 1.19. The topological polar surface area (TPSA) is 51.1 Å². The van der Waals surface area contributed by atoms with Crippen LogP contribution in [0.1, 0.15) is 17.7 Å². The zero-order valence-electron chi connectivity index (χ0n) is 13.9. The van der Waals surface area contributed by atoms with Crippen molar-refractivity contribution >= 4 is 20.9 Å². The summed E-state index contributed by atoms with van der Waals surface area (Å²) in [6.07, 6.45) is 2.24. The molecule has 1 aliphatic rings. The van der Waals surface area contributed by atoms with Gasteiger partial charge in [-0.1, -0.05) is 18.2 Å². The minimum absolute atomic E-state index is 0.0950. The zero-order chi connectivity index (χ0) is 17.6. The maximum atomic E-state index is 13.0. The summed E-state index contributed by atoms with van der Waals surface area (Å²) in [5.74, 6) is -0.447. The van der Waals surface area contributed by atoms with Gasteiger partial charge in [0.05, 0.1) is 4.90 Å². The molecule has 1 aliphatic carbocycles. The molecule has 25 heavy (non-hydrogen) atoms. The molecular formula is C19H19FN2O2S. The van der Waals surface area contributed by atoms with Crippen molar-refractivity contribution in [3.63, 3.8) is 0 Å². The Balaban J connectivity index is 1.63. The first-order valence-electron chi connectivity index (χ1n) is 8.29. The van der Waals surface area contributed by atoms with Gasteiger partial charge >= 0.3 is 0 Å². The second-order valence-electron chi connectivity index (χ2n) is 6.52. The number of para-hydroxylation sites is 1. The predicted octanol–water partition coefficient (Wildman–Crippen LogP) is 3.15. The van der Waals surface area contributed by atoms with Crippen molar-refractivity contribution in [2.75, 3.05) is 0 Å². The maximum Gasteiger partial charge on any atom is 0.240 e. The van der Waals surface area contributed by atoms with Crippen LogP contribution in [0.5, 0.6) is 0 Å². The van der Waals surface area contributed by atoms with Crippen LogP contribution in [0, 0.1) is 5.82 Å². The lowest BCUT2D eigenvalue weighted by atomic mass is 9.92. The number of hydrogen-bond donors (Lipinski definition) is 1. The van der Waals surface area contributed by atoms with E-state index in [0.717, 1.165) is 25.0 Å². The van der Waals surface area contributed by atoms with Crippen molar-refractivity contribution in [3.05, 3.63) is 65.6 Å². The van der Waals surface area contributed by atoms with Crippen molar-refractivity contribution in [1.29, 1.82) is 0 Å². The summed E-state index contributed by atoms with van der Waals surface area (Å²) < 4.78 is 43.1. The molecule has 4 rings (SSSR count). The zero-order valence-corrected chi connectivity index (χ0v) is 14.7. The molecule has 6 heteroatoms. The lowest BCUT2D eigenvalue weighted by molar-refractivity contribution is 0.501. The minimum atomic E-state index is -3.65. The summed E-state index contributed by atoms with van der Waals surface area (Å²) in [4.78, 5) is 0.0950. The average Bonchev–Trinajstić information content (AvgIpc) is 2.88. The number of rotatable bonds is 3. The van der Waals surface area contributed by atoms with Crippen LogP contribution >= 0.6 is 0 Å². The van der Waals surface area contributed by atoms with Gasteiger partial charge in [0.1, 0.15) is 5.82 Å². The first kappa shape index (κ1) is 16.3. The monoisotopic (exact) mass is 358 g/mol. The number of benzene rings is 2. The van der Waals surface area contributed by atoms with Gasteiger partial charge in [-0.05, 0) is 55.2 Å². The Kier molecular flexibility index (Phi) is 3.89. The van der Waals surface area contributed by atoms with Crippen molar-refractivity contribution in [2.45, 2.75) is 30.2 Å². The highest BCUT2D eigenvalue weighted by Gasteiger charge is 2.27. The van der Waals surface area contributed by atoms with Crippen LogP contribution in [0.3, 0.4) is 0 Å². The van der Waals surface area contributed by atoms with Crippen molar-refractivity contribution < 1.29 is 12.8 Å². The standard InChI is InChI=1S/C19H19FN2O2S/c1-22-18-5-3-2-4-16(18)17-12-14(8-11-19(17)22)21-25(23,24)15-9-6-13(20)7-10-15/h2-7,9-10,14,21H,8,11-12H2,1H3. The van der Waals surface area contributed by atoms with Gasteiger partial charge in [-0.25, -0.2) is 17.5 Å². The van der Waals surface area contributed by atoms with Crippen LogP contribution < -0.4 is 4.72 Å². The SMILES string of the molecule is Cn1c2c(c3ccccc31)CC(NS(=O)(=O)c1ccc(F)cc1)CC2. The van der Waals surface area contributed by atoms with E-state index in [4.69, 9.17) is 0 Å². The molecule has 0 amide bonds. The lowest BCUT2D eigenvalue weighted by Gasteiger charge is -2.24. The normalized spacial score (nSPS) is 17.6. The Bertz CT molecular complexity index is 1040. The summed E-state index contributed by atoms with van der Waals surface area (Å²) in [5.41, 5.74) is 3.67. The first-order valence-corrected chi connectivity index (χ1v) is 9.77. The average molecular weight is 358 g/mol. The number of hydrogen-bond acceptors (Lipinski definition) is 2. The van der Waals surface area contributed by atoms with Crippen LogP contribution in [0.25, 0.3) is 10.9 Å². The van der Waals surface area contributed by atoms with Crippen molar-refractivity contribution in [1.82, 2.24) is 9.29 Å². The summed E-state index contributed by atoms with van der Waals surface area (Å²) in [6.45, 7) is 0. The molecule has 1 aromatic heterocycles. The molecule has 0 spiro atoms. The van der Waals surface area contributed by atoms with E-state index in [1.165, 1.54) is 34.3 Å². The molecule has 1 heterocycles. The first-order chi connectivity index (χ1) is 12.0. The summed E-state index contributed by atoms with van der Waals surface area (Å²) in [6, 6.07) is 13.0. The van der Waals surface area contributed by atoms with E-state index < -0.39 is 15.8 Å². The van der Waals surface area contributed by atoms with Crippen LogP contribution in [0.15, 0.2) is 53.4 Å². The second kappa shape index (κ2) is 5.97. The van der Waals surface area contributed by atoms with Gasteiger partial charge in [0.15, 0.2) is 0 Å². The molecular weight excluding hydrogens is 339 g/mol. The molecule has 1 unspecified atom stereocenters. The van der Waals surface area contributed by atoms with E-state index in [9.17, 15) is 12.8 Å². The number of halogens is 1. The van der Waals surface area contributed by atoms with Crippen LogP contribution in [0.4, 0.5) is 4.39 Å². The van der Waals surface area contributed by atoms with Crippen LogP contribution in [0.2, 0.25) is 0 Å². The molecule has 3 aromatic rings. The molecule has 130 valence electrons. The van der Waals surface area contributed by atoms with Gasteiger partial charge in [0.25, 0.3) is 0 Å². The fourth-order valence-electron chi connectivity index (χ4n) is 3.73. The number of nitrogens with zero attached hydrogens (tertiary/aromatic N) is 1. The molecule has 4 nitrogen and oxygen atoms in total. The lowest BCUT2D eigenvalue weighted by Crippen LogP contribution is -2.38. The molecule has 0 fully saturated rings. The number of nitrogens with one attached hydrogen (secondary N) is 1. The Morgan fingerprint density at radius 1 is 1.12 bits per heavy atom. The fraction of sp³-hybridized carbons (Fsp3) is 0.263. The van der Waals surface area contributed by atoms with Crippen molar-refractivity contribution in [3.8, 4) is 0 Å². The van der Waals surface area contributed by atoms with E-state index in [1.807, 2.05) is 12.1 Å². The fourth-order valence-corrected chi connectivity index (χ4v) is 5.00. The van der Waals surface area contributed by atoms with Crippen molar-refractivity contribution in [2.24, 2.45) is 7.05 Å². The van der Waals surface area contributed by atoms with Gasteiger partial charge in [-0.2, -0.15) is 0 Å². The van der Waals surface area contributed by atoms with E-state index >= 15 is 0 Å². The molecule has 0 saturated carbocycles. The van der Waals surface area contributed by atoms with Gasteiger partial charge < -0.3 is 4.57 Å². The molecule has 1 atom stereocenters. The van der Waals surface area contributed by atoms with Gasteiger partial charge in [0.2, 0.25) is 10.0 Å². The smallest absolute Gasteiger partial charge is 0.240 e. The second-order valence-corrected chi connectivity index (χ2v) is 8.23. The Hall–Kier alpha value is -2.18. The molecule has 0 bridgehead atoms. The quantitative estimate of drug-likeness (QED) is 0.782. The van der Waals surface area contributed by atoms with Gasteiger partial charge in [0, 0.05) is 29.7 Å². The molecule has 2 aromatic carbocycles. The summed E-state index contributed by atoms with van der Waals surface area (Å²) in [7, 11) is -1.59. The Morgan fingerprint density at radius 3 is 2.60 bits per heavy atom. The highest BCUT2D eigenvalue weighted by molar-refractivity contribution is 7.89. The van der Waals surface area contributed by atoms with Gasteiger partial charge in [-0.3, -0.25) is 0 Å². The van der Waals surface area contributed by atoms with E-state index in [0.29, 0.717) is 6.42 Å². The molecule has 1 N–H and O–H groups in total. The number of aromatic nitrogens is 1. The van der Waals surface area contributed by atoms with E-state index in [1.54, 1.807) is 0 Å². The predicted molar refractivity (Wildman–Crippen MR) is 95.5 cm³/mol. The highest BCUT2D eigenvalue weighted by Crippen LogP contribution is 2.31. The largest absolute Gasteiger partial charge is 0.347 e. The van der Waals surface area contributed by atoms with Crippen LogP contribution in [-0.4, -0.2) is 19.0 Å². The Labute approximate surface area is 146 Å². The maximum absolute atomic E-state index is 13.0. The van der Waals surface area contributed by atoms with Crippen LogP contribution in [-0.2, 0) is 29.9 Å². The third kappa shape index (κ3) is 2.85. The highest BCUT2D eigenvalue weighted by atomic mass is 32.2. The van der Waals surface area contributed by atoms with Gasteiger partial charge in [-0.15, -0.1) is 0 Å². The summed E-state index contributed by atoms with van der Waals surface area (Å²) >= 11 is 0. The number of aryl methyl sites for hydroxylation is 1. The number of sulfonamides is 1.